The molecule has 4 nitrogen and oxygen atoms in total. The van der Waals surface area contributed by atoms with E-state index in [0.29, 0.717) is 6.04 Å². The molecule has 0 aliphatic carbocycles. The Hall–Kier alpha value is -0.320. The van der Waals surface area contributed by atoms with Crippen molar-refractivity contribution in [3.8, 4) is 0 Å². The van der Waals surface area contributed by atoms with Crippen LogP contribution in [0.2, 0.25) is 0 Å². The molecule has 0 aromatic carbocycles. The standard InChI is InChI=1S/C11H20N2O2.ClH/c14-11(9-3-6-15-7-4-9)13-10-2-1-5-12-8-10;/h9-10,12H,1-8H2,(H,13,14);1H/t10-;/m0./s1. The number of amides is 1. The topological polar surface area (TPSA) is 50.4 Å². The zero-order chi connectivity index (χ0) is 10.5. The molecule has 0 radical (unpaired) electrons. The first kappa shape index (κ1) is 13.7. The lowest BCUT2D eigenvalue weighted by molar-refractivity contribution is -0.128. The van der Waals surface area contributed by atoms with Gasteiger partial charge in [0.2, 0.25) is 5.91 Å². The highest BCUT2D eigenvalue weighted by Crippen LogP contribution is 2.15. The van der Waals surface area contributed by atoms with E-state index in [9.17, 15) is 4.79 Å². The average molecular weight is 249 g/mol. The fourth-order valence-electron chi connectivity index (χ4n) is 2.25. The van der Waals surface area contributed by atoms with Crippen LogP contribution >= 0.6 is 12.4 Å². The van der Waals surface area contributed by atoms with Crippen molar-refractivity contribution >= 4 is 18.3 Å². The summed E-state index contributed by atoms with van der Waals surface area (Å²) in [5, 5.41) is 6.44. The zero-order valence-corrected chi connectivity index (χ0v) is 10.4. The molecule has 0 bridgehead atoms. The van der Waals surface area contributed by atoms with E-state index >= 15 is 0 Å². The van der Waals surface area contributed by atoms with Crippen molar-refractivity contribution in [2.24, 2.45) is 5.92 Å². The lowest BCUT2D eigenvalue weighted by Gasteiger charge is -2.27. The van der Waals surface area contributed by atoms with Crippen molar-refractivity contribution in [2.75, 3.05) is 26.3 Å². The molecule has 0 spiro atoms. The largest absolute Gasteiger partial charge is 0.381 e. The molecule has 2 aliphatic rings. The molecular formula is C11H21ClN2O2. The van der Waals surface area contributed by atoms with Crippen LogP contribution in [0.4, 0.5) is 0 Å². The minimum atomic E-state index is 0. The van der Waals surface area contributed by atoms with Crippen LogP contribution in [0.1, 0.15) is 25.7 Å². The molecule has 0 aromatic rings. The Balaban J connectivity index is 0.00000128. The Labute approximate surface area is 103 Å². The lowest BCUT2D eigenvalue weighted by Crippen LogP contribution is -2.48. The van der Waals surface area contributed by atoms with Crippen molar-refractivity contribution in [1.29, 1.82) is 0 Å². The average Bonchev–Trinajstić information content (AvgIpc) is 2.31. The monoisotopic (exact) mass is 248 g/mol. The molecular weight excluding hydrogens is 228 g/mol. The molecule has 2 aliphatic heterocycles. The van der Waals surface area contributed by atoms with E-state index in [4.69, 9.17) is 4.74 Å². The molecule has 16 heavy (non-hydrogen) atoms. The summed E-state index contributed by atoms with van der Waals surface area (Å²) in [6.45, 7) is 3.49. The maximum atomic E-state index is 11.9. The van der Waals surface area contributed by atoms with Crippen LogP contribution in [-0.4, -0.2) is 38.3 Å². The molecule has 1 atom stereocenters. The Morgan fingerprint density at radius 1 is 1.25 bits per heavy atom. The van der Waals surface area contributed by atoms with E-state index < -0.39 is 0 Å². The Bertz CT molecular complexity index is 214. The molecule has 2 saturated heterocycles. The fraction of sp³-hybridized carbons (Fsp3) is 0.909. The third kappa shape index (κ3) is 3.92. The van der Waals surface area contributed by atoms with Gasteiger partial charge in [0.15, 0.2) is 0 Å². The first-order valence-corrected chi connectivity index (χ1v) is 5.95. The van der Waals surface area contributed by atoms with Gasteiger partial charge in [-0.15, -0.1) is 12.4 Å². The van der Waals surface area contributed by atoms with E-state index in [-0.39, 0.29) is 24.2 Å². The van der Waals surface area contributed by atoms with Crippen LogP contribution in [0.25, 0.3) is 0 Å². The highest BCUT2D eigenvalue weighted by Gasteiger charge is 2.24. The molecule has 0 aromatic heterocycles. The Morgan fingerprint density at radius 3 is 2.62 bits per heavy atom. The van der Waals surface area contributed by atoms with Crippen LogP contribution in [0.15, 0.2) is 0 Å². The second-order valence-corrected chi connectivity index (χ2v) is 4.44. The number of rotatable bonds is 2. The normalized spacial score (nSPS) is 26.9. The van der Waals surface area contributed by atoms with Gasteiger partial charge in [0.25, 0.3) is 0 Å². The van der Waals surface area contributed by atoms with Gasteiger partial charge in [-0.1, -0.05) is 0 Å². The third-order valence-corrected chi connectivity index (χ3v) is 3.24. The predicted molar refractivity (Wildman–Crippen MR) is 64.8 cm³/mol. The van der Waals surface area contributed by atoms with E-state index in [0.717, 1.165) is 45.6 Å². The number of hydrogen-bond donors (Lipinski definition) is 2. The Morgan fingerprint density at radius 2 is 2.00 bits per heavy atom. The van der Waals surface area contributed by atoms with E-state index in [1.807, 2.05) is 0 Å². The zero-order valence-electron chi connectivity index (χ0n) is 9.54. The first-order valence-electron chi connectivity index (χ1n) is 5.95. The van der Waals surface area contributed by atoms with Gasteiger partial charge < -0.3 is 15.4 Å². The second kappa shape index (κ2) is 7.09. The van der Waals surface area contributed by atoms with Crippen molar-refractivity contribution < 1.29 is 9.53 Å². The smallest absolute Gasteiger partial charge is 0.223 e. The molecule has 2 heterocycles. The third-order valence-electron chi connectivity index (χ3n) is 3.24. The van der Waals surface area contributed by atoms with Gasteiger partial charge in [0.05, 0.1) is 0 Å². The summed E-state index contributed by atoms with van der Waals surface area (Å²) in [5.74, 6) is 0.410. The van der Waals surface area contributed by atoms with Gasteiger partial charge in [-0.3, -0.25) is 4.79 Å². The van der Waals surface area contributed by atoms with Crippen LogP contribution in [0.5, 0.6) is 0 Å². The van der Waals surface area contributed by atoms with Crippen molar-refractivity contribution in [1.82, 2.24) is 10.6 Å². The van der Waals surface area contributed by atoms with Crippen LogP contribution < -0.4 is 10.6 Å². The quantitative estimate of drug-likeness (QED) is 0.757. The van der Waals surface area contributed by atoms with E-state index in [1.54, 1.807) is 0 Å². The maximum absolute atomic E-state index is 11.9. The summed E-state index contributed by atoms with van der Waals surface area (Å²) >= 11 is 0. The van der Waals surface area contributed by atoms with Crippen molar-refractivity contribution in [3.05, 3.63) is 0 Å². The van der Waals surface area contributed by atoms with E-state index in [1.165, 1.54) is 6.42 Å². The highest BCUT2D eigenvalue weighted by molar-refractivity contribution is 5.85. The molecule has 0 saturated carbocycles. The Kier molecular flexibility index (Phi) is 6.09. The van der Waals surface area contributed by atoms with Crippen molar-refractivity contribution in [3.63, 3.8) is 0 Å². The van der Waals surface area contributed by atoms with Crippen molar-refractivity contribution in [2.45, 2.75) is 31.7 Å². The number of piperidine rings is 1. The molecule has 2 rings (SSSR count). The number of halogens is 1. The summed E-state index contributed by atoms with van der Waals surface area (Å²) in [7, 11) is 0. The fourth-order valence-corrected chi connectivity index (χ4v) is 2.25. The minimum absolute atomic E-state index is 0. The first-order chi connectivity index (χ1) is 7.36. The molecule has 1 amide bonds. The van der Waals surface area contributed by atoms with Gasteiger partial charge in [0.1, 0.15) is 0 Å². The van der Waals surface area contributed by atoms with Gasteiger partial charge in [-0.2, -0.15) is 0 Å². The lowest BCUT2D eigenvalue weighted by atomic mass is 9.98. The highest BCUT2D eigenvalue weighted by atomic mass is 35.5. The summed E-state index contributed by atoms with van der Waals surface area (Å²) in [4.78, 5) is 11.9. The number of carbonyl (C=O) groups excluding carboxylic acids is 1. The van der Waals surface area contributed by atoms with Gasteiger partial charge in [-0.25, -0.2) is 0 Å². The van der Waals surface area contributed by atoms with Crippen LogP contribution in [-0.2, 0) is 9.53 Å². The minimum Gasteiger partial charge on any atom is -0.381 e. The van der Waals surface area contributed by atoms with Crippen LogP contribution in [0.3, 0.4) is 0 Å². The van der Waals surface area contributed by atoms with Gasteiger partial charge >= 0.3 is 0 Å². The van der Waals surface area contributed by atoms with Crippen LogP contribution in [0, 0.1) is 5.92 Å². The number of nitrogens with one attached hydrogen (secondary N) is 2. The summed E-state index contributed by atoms with van der Waals surface area (Å²) < 4.78 is 5.25. The summed E-state index contributed by atoms with van der Waals surface area (Å²) in [5.41, 5.74) is 0. The summed E-state index contributed by atoms with van der Waals surface area (Å²) in [6.07, 6.45) is 4.04. The van der Waals surface area contributed by atoms with Gasteiger partial charge in [0, 0.05) is 31.7 Å². The molecule has 94 valence electrons. The molecule has 5 heteroatoms. The van der Waals surface area contributed by atoms with Gasteiger partial charge in [-0.05, 0) is 32.2 Å². The molecule has 2 N–H and O–H groups in total. The summed E-state index contributed by atoms with van der Waals surface area (Å²) in [6, 6.07) is 0.342. The predicted octanol–water partition coefficient (Wildman–Crippen LogP) is 0.703. The molecule has 2 fully saturated rings. The van der Waals surface area contributed by atoms with E-state index in [2.05, 4.69) is 10.6 Å². The second-order valence-electron chi connectivity index (χ2n) is 4.44. The maximum Gasteiger partial charge on any atom is 0.223 e. The number of ether oxygens (including phenoxy) is 1. The number of hydrogen-bond acceptors (Lipinski definition) is 3. The number of carbonyl (C=O) groups is 1. The SMILES string of the molecule is Cl.O=C(N[C@H]1CCCNC1)C1CCOCC1. The molecule has 0 unspecified atom stereocenters.